The smallest absolute Gasteiger partial charge is 0.154 e. The van der Waals surface area contributed by atoms with E-state index in [0.29, 0.717) is 12.8 Å². The van der Waals surface area contributed by atoms with Gasteiger partial charge in [0.15, 0.2) is 9.84 Å². The second-order valence-electron chi connectivity index (χ2n) is 3.19. The van der Waals surface area contributed by atoms with Crippen molar-refractivity contribution in [2.75, 3.05) is 5.75 Å². The molecule has 0 saturated carbocycles. The van der Waals surface area contributed by atoms with Crippen LogP contribution in [0.5, 0.6) is 0 Å². The molecule has 0 spiro atoms. The molecule has 0 radical (unpaired) electrons. The van der Waals surface area contributed by atoms with Gasteiger partial charge in [0.2, 0.25) is 0 Å². The molecule has 2 unspecified atom stereocenters. The van der Waals surface area contributed by atoms with Crippen LogP contribution >= 0.6 is 0 Å². The second kappa shape index (κ2) is 3.44. The van der Waals surface area contributed by atoms with Gasteiger partial charge in [-0.3, -0.25) is 0 Å². The molecule has 12 heavy (non-hydrogen) atoms. The summed E-state index contributed by atoms with van der Waals surface area (Å²) in [7, 11) is -2.93. The lowest BCUT2D eigenvalue weighted by molar-refractivity contribution is 0.538. The van der Waals surface area contributed by atoms with E-state index in [1.807, 2.05) is 6.92 Å². The Morgan fingerprint density at radius 1 is 1.67 bits per heavy atom. The summed E-state index contributed by atoms with van der Waals surface area (Å²) in [4.78, 5) is 0. The Hall–Kier alpha value is -0.560. The zero-order chi connectivity index (χ0) is 9.19. The molecule has 1 saturated heterocycles. The number of hydrogen-bond donors (Lipinski definition) is 0. The van der Waals surface area contributed by atoms with Crippen LogP contribution in [-0.4, -0.2) is 19.4 Å². The lowest BCUT2D eigenvalue weighted by Gasteiger charge is -2.12. The zero-order valence-corrected chi connectivity index (χ0v) is 7.97. The van der Waals surface area contributed by atoms with E-state index in [1.165, 1.54) is 0 Å². The third kappa shape index (κ3) is 1.61. The highest BCUT2D eigenvalue weighted by Crippen LogP contribution is 2.27. The fourth-order valence-corrected chi connectivity index (χ4v) is 3.86. The first-order valence-corrected chi connectivity index (χ1v) is 5.94. The van der Waals surface area contributed by atoms with Crippen molar-refractivity contribution in [1.29, 1.82) is 5.26 Å². The van der Waals surface area contributed by atoms with Crippen molar-refractivity contribution in [3.8, 4) is 6.07 Å². The number of sulfone groups is 1. The maximum absolute atomic E-state index is 11.4. The summed E-state index contributed by atoms with van der Waals surface area (Å²) in [5.41, 5.74) is 0. The van der Waals surface area contributed by atoms with Gasteiger partial charge in [-0.15, -0.1) is 0 Å². The van der Waals surface area contributed by atoms with E-state index in [4.69, 9.17) is 5.26 Å². The number of hydrogen-bond acceptors (Lipinski definition) is 3. The molecular weight excluding hydrogens is 174 g/mol. The molecule has 2 atom stereocenters. The molecule has 1 aliphatic heterocycles. The van der Waals surface area contributed by atoms with Gasteiger partial charge in [-0.05, 0) is 19.3 Å². The van der Waals surface area contributed by atoms with Gasteiger partial charge in [-0.2, -0.15) is 5.26 Å². The van der Waals surface area contributed by atoms with Crippen LogP contribution < -0.4 is 0 Å². The van der Waals surface area contributed by atoms with Gasteiger partial charge in [0, 0.05) is 0 Å². The quantitative estimate of drug-likeness (QED) is 0.650. The van der Waals surface area contributed by atoms with Crippen LogP contribution in [0, 0.1) is 17.2 Å². The predicted molar refractivity (Wildman–Crippen MR) is 46.2 cm³/mol. The van der Waals surface area contributed by atoms with Crippen LogP contribution in [0.3, 0.4) is 0 Å². The molecule has 1 aliphatic rings. The average molecular weight is 187 g/mol. The molecule has 1 fully saturated rings. The van der Waals surface area contributed by atoms with Crippen LogP contribution in [0.4, 0.5) is 0 Å². The van der Waals surface area contributed by atoms with E-state index in [-0.39, 0.29) is 16.9 Å². The maximum atomic E-state index is 11.4. The van der Waals surface area contributed by atoms with Crippen molar-refractivity contribution >= 4 is 9.84 Å². The van der Waals surface area contributed by atoms with Gasteiger partial charge in [0.05, 0.1) is 23.0 Å². The standard InChI is InChI=1S/C8H13NO2S/c1-2-7(6-9)8-4-3-5-12(8,10)11/h7-8H,2-5H2,1H3. The fourth-order valence-electron chi connectivity index (χ4n) is 1.71. The van der Waals surface area contributed by atoms with Crippen molar-refractivity contribution in [1.82, 2.24) is 0 Å². The number of nitriles is 1. The molecule has 0 aliphatic carbocycles. The Kier molecular flexibility index (Phi) is 2.73. The first-order valence-electron chi connectivity index (χ1n) is 4.23. The van der Waals surface area contributed by atoms with Gasteiger partial charge in [-0.1, -0.05) is 6.92 Å². The Bertz CT molecular complexity index is 289. The first kappa shape index (κ1) is 9.53. The summed E-state index contributed by atoms with van der Waals surface area (Å²) in [6.45, 7) is 1.86. The van der Waals surface area contributed by atoms with Crippen LogP contribution in [0.2, 0.25) is 0 Å². The third-order valence-electron chi connectivity index (χ3n) is 2.43. The number of nitrogens with zero attached hydrogens (tertiary/aromatic N) is 1. The van der Waals surface area contributed by atoms with Crippen LogP contribution in [0.25, 0.3) is 0 Å². The van der Waals surface area contributed by atoms with Gasteiger partial charge in [-0.25, -0.2) is 8.42 Å². The molecule has 0 amide bonds. The molecule has 0 N–H and O–H groups in total. The molecule has 1 heterocycles. The SMILES string of the molecule is CCC(C#N)C1CCCS1(=O)=O. The summed E-state index contributed by atoms with van der Waals surface area (Å²) in [5, 5.41) is 8.32. The van der Waals surface area contributed by atoms with E-state index >= 15 is 0 Å². The molecule has 68 valence electrons. The normalized spacial score (nSPS) is 29.5. The predicted octanol–water partition coefficient (Wildman–Crippen LogP) is 1.11. The molecular formula is C8H13NO2S. The summed E-state index contributed by atoms with van der Waals surface area (Å²) >= 11 is 0. The molecule has 3 nitrogen and oxygen atoms in total. The minimum absolute atomic E-state index is 0.274. The van der Waals surface area contributed by atoms with Crippen molar-refractivity contribution in [2.24, 2.45) is 5.92 Å². The van der Waals surface area contributed by atoms with E-state index in [2.05, 4.69) is 6.07 Å². The lowest BCUT2D eigenvalue weighted by Crippen LogP contribution is -2.24. The van der Waals surface area contributed by atoms with Crippen molar-refractivity contribution < 1.29 is 8.42 Å². The van der Waals surface area contributed by atoms with Gasteiger partial charge in [0.1, 0.15) is 0 Å². The first-order chi connectivity index (χ1) is 5.61. The summed E-state index contributed by atoms with van der Waals surface area (Å²) in [6.07, 6.45) is 2.04. The van der Waals surface area contributed by atoms with Gasteiger partial charge >= 0.3 is 0 Å². The molecule has 4 heteroatoms. The molecule has 0 aromatic rings. The van der Waals surface area contributed by atoms with Gasteiger partial charge in [0.25, 0.3) is 0 Å². The fraction of sp³-hybridized carbons (Fsp3) is 0.875. The van der Waals surface area contributed by atoms with Crippen molar-refractivity contribution in [3.05, 3.63) is 0 Å². The minimum atomic E-state index is -2.93. The largest absolute Gasteiger partial charge is 0.229 e. The molecule has 1 rings (SSSR count). The van der Waals surface area contributed by atoms with Crippen molar-refractivity contribution in [3.63, 3.8) is 0 Å². The Morgan fingerprint density at radius 2 is 2.33 bits per heavy atom. The lowest BCUT2D eigenvalue weighted by atomic mass is 10.0. The molecule has 0 aromatic heterocycles. The summed E-state index contributed by atoms with van der Waals surface area (Å²) in [5.74, 6) is -0.0203. The van der Waals surface area contributed by atoms with E-state index < -0.39 is 9.84 Å². The van der Waals surface area contributed by atoms with Gasteiger partial charge < -0.3 is 0 Å². The van der Waals surface area contributed by atoms with E-state index in [1.54, 1.807) is 0 Å². The Balaban J connectivity index is 2.83. The monoisotopic (exact) mass is 187 g/mol. The third-order valence-corrected chi connectivity index (χ3v) is 4.78. The highest BCUT2D eigenvalue weighted by molar-refractivity contribution is 7.92. The zero-order valence-electron chi connectivity index (χ0n) is 7.16. The highest BCUT2D eigenvalue weighted by Gasteiger charge is 2.36. The molecule has 0 bridgehead atoms. The number of rotatable bonds is 2. The second-order valence-corrected chi connectivity index (χ2v) is 5.53. The van der Waals surface area contributed by atoms with Crippen LogP contribution in [-0.2, 0) is 9.84 Å². The van der Waals surface area contributed by atoms with E-state index in [0.717, 1.165) is 6.42 Å². The Morgan fingerprint density at radius 3 is 2.67 bits per heavy atom. The maximum Gasteiger partial charge on any atom is 0.154 e. The summed E-state index contributed by atoms with van der Waals surface area (Å²) in [6, 6.07) is 2.07. The summed E-state index contributed by atoms with van der Waals surface area (Å²) < 4.78 is 22.7. The van der Waals surface area contributed by atoms with E-state index in [9.17, 15) is 8.42 Å². The topological polar surface area (TPSA) is 57.9 Å². The van der Waals surface area contributed by atoms with Crippen LogP contribution in [0.1, 0.15) is 26.2 Å². The van der Waals surface area contributed by atoms with Crippen LogP contribution in [0.15, 0.2) is 0 Å². The van der Waals surface area contributed by atoms with Crippen molar-refractivity contribution in [2.45, 2.75) is 31.4 Å². The highest BCUT2D eigenvalue weighted by atomic mass is 32.2. The average Bonchev–Trinajstić information content (AvgIpc) is 2.34. The molecule has 0 aromatic carbocycles. The Labute approximate surface area is 73.3 Å². The minimum Gasteiger partial charge on any atom is -0.229 e.